The largest absolute Gasteiger partial charge is 0.302 e. The summed E-state index contributed by atoms with van der Waals surface area (Å²) in [6.07, 6.45) is 1.17. The number of hydrogen-bond donors (Lipinski definition) is 1. The van der Waals surface area contributed by atoms with E-state index in [1.807, 2.05) is 6.92 Å². The van der Waals surface area contributed by atoms with Crippen LogP contribution in [0.4, 0.5) is 0 Å². The normalized spacial score (nSPS) is 15.7. The molecule has 1 unspecified atom stereocenters. The van der Waals surface area contributed by atoms with Crippen molar-refractivity contribution in [1.29, 1.82) is 0 Å². The molecule has 0 aliphatic rings. The van der Waals surface area contributed by atoms with E-state index in [2.05, 4.69) is 25.6 Å². The van der Waals surface area contributed by atoms with Crippen LogP contribution in [0.5, 0.6) is 0 Å². The zero-order chi connectivity index (χ0) is 7.49. The number of hydrogen-bond acceptors (Lipinski definition) is 2. The third-order valence-corrected chi connectivity index (χ3v) is 1.13. The Morgan fingerprint density at radius 2 is 1.89 bits per heavy atom. The van der Waals surface area contributed by atoms with E-state index in [-0.39, 0.29) is 6.10 Å². The van der Waals surface area contributed by atoms with Crippen molar-refractivity contribution in [2.75, 3.05) is 0 Å². The summed E-state index contributed by atoms with van der Waals surface area (Å²) in [6.45, 7) is 8.48. The number of rotatable bonds is 2. The van der Waals surface area contributed by atoms with Gasteiger partial charge in [-0.05, 0) is 18.8 Å². The summed E-state index contributed by atoms with van der Waals surface area (Å²) in [5.41, 5.74) is 0.318. The van der Waals surface area contributed by atoms with E-state index >= 15 is 0 Å². The second kappa shape index (κ2) is 3.18. The second-order valence-corrected chi connectivity index (χ2v) is 3.71. The van der Waals surface area contributed by atoms with E-state index in [0.29, 0.717) is 5.41 Å². The Hall–Kier alpha value is -0.0800. The van der Waals surface area contributed by atoms with Gasteiger partial charge in [0.05, 0.1) is 6.10 Å². The van der Waals surface area contributed by atoms with Gasteiger partial charge in [0.15, 0.2) is 0 Å². The van der Waals surface area contributed by atoms with Crippen LogP contribution in [0.25, 0.3) is 0 Å². The van der Waals surface area contributed by atoms with Crippen LogP contribution in [-0.2, 0) is 4.84 Å². The monoisotopic (exact) mass is 131 g/mol. The van der Waals surface area contributed by atoms with Crippen molar-refractivity contribution in [3.8, 4) is 0 Å². The molecule has 0 spiro atoms. The van der Waals surface area contributed by atoms with Crippen LogP contribution in [0.15, 0.2) is 0 Å². The molecule has 0 rings (SSSR count). The van der Waals surface area contributed by atoms with Gasteiger partial charge in [-0.25, -0.2) is 5.90 Å². The van der Waals surface area contributed by atoms with Gasteiger partial charge in [-0.15, -0.1) is 0 Å². The standard InChI is InChI=1S/C7H17NO/c1-6(9-8)5-7(2,3)4/h6H,5,8H2,1-4H3. The Labute approximate surface area is 57.3 Å². The van der Waals surface area contributed by atoms with E-state index in [0.717, 1.165) is 6.42 Å². The van der Waals surface area contributed by atoms with Gasteiger partial charge in [0.25, 0.3) is 0 Å². The van der Waals surface area contributed by atoms with Crippen molar-refractivity contribution in [3.63, 3.8) is 0 Å². The van der Waals surface area contributed by atoms with Gasteiger partial charge < -0.3 is 4.84 Å². The third kappa shape index (κ3) is 5.80. The molecule has 0 aromatic carbocycles. The second-order valence-electron chi connectivity index (χ2n) is 3.71. The Kier molecular flexibility index (Phi) is 3.15. The number of nitrogens with two attached hydrogens (primary N) is 1. The van der Waals surface area contributed by atoms with Gasteiger partial charge in [-0.3, -0.25) is 0 Å². The van der Waals surface area contributed by atoms with E-state index < -0.39 is 0 Å². The van der Waals surface area contributed by atoms with E-state index in [4.69, 9.17) is 5.90 Å². The molecule has 0 amide bonds. The fraction of sp³-hybridized carbons (Fsp3) is 1.00. The SMILES string of the molecule is CC(CC(C)(C)C)ON. The van der Waals surface area contributed by atoms with Gasteiger partial charge >= 0.3 is 0 Å². The maximum atomic E-state index is 4.98. The van der Waals surface area contributed by atoms with E-state index in [9.17, 15) is 0 Å². The summed E-state index contributed by atoms with van der Waals surface area (Å²) in [6, 6.07) is 0. The summed E-state index contributed by atoms with van der Waals surface area (Å²) >= 11 is 0. The Morgan fingerprint density at radius 3 is 2.00 bits per heavy atom. The molecule has 9 heavy (non-hydrogen) atoms. The zero-order valence-electron chi connectivity index (χ0n) is 6.77. The first-order valence-corrected chi connectivity index (χ1v) is 3.31. The van der Waals surface area contributed by atoms with Gasteiger partial charge in [0, 0.05) is 0 Å². The van der Waals surface area contributed by atoms with Gasteiger partial charge in [-0.2, -0.15) is 0 Å². The van der Waals surface area contributed by atoms with Gasteiger partial charge in [0.2, 0.25) is 0 Å². The molecule has 0 bridgehead atoms. The van der Waals surface area contributed by atoms with Crippen molar-refractivity contribution in [3.05, 3.63) is 0 Å². The molecular formula is C7H17NO. The average Bonchev–Trinajstić information content (AvgIpc) is 1.62. The van der Waals surface area contributed by atoms with Gasteiger partial charge in [0.1, 0.15) is 0 Å². The first-order chi connectivity index (χ1) is 3.95. The zero-order valence-corrected chi connectivity index (χ0v) is 6.77. The predicted molar refractivity (Wildman–Crippen MR) is 38.8 cm³/mol. The third-order valence-electron chi connectivity index (χ3n) is 1.13. The molecule has 0 radical (unpaired) electrons. The van der Waals surface area contributed by atoms with Crippen LogP contribution in [-0.4, -0.2) is 6.10 Å². The fourth-order valence-electron chi connectivity index (χ4n) is 0.910. The predicted octanol–water partition coefficient (Wildman–Crippen LogP) is 1.70. The molecule has 0 heterocycles. The van der Waals surface area contributed by atoms with Crippen LogP contribution >= 0.6 is 0 Å². The Morgan fingerprint density at radius 1 is 1.44 bits per heavy atom. The molecule has 0 saturated carbocycles. The minimum atomic E-state index is 0.171. The van der Waals surface area contributed by atoms with Crippen molar-refractivity contribution in [2.24, 2.45) is 11.3 Å². The Bertz CT molecular complexity index is 75.5. The molecule has 2 nitrogen and oxygen atoms in total. The lowest BCUT2D eigenvalue weighted by atomic mass is 9.90. The lowest BCUT2D eigenvalue weighted by Crippen LogP contribution is -2.20. The topological polar surface area (TPSA) is 35.2 Å². The van der Waals surface area contributed by atoms with E-state index in [1.54, 1.807) is 0 Å². The highest BCUT2D eigenvalue weighted by Gasteiger charge is 2.14. The molecular weight excluding hydrogens is 114 g/mol. The molecule has 0 aliphatic heterocycles. The smallest absolute Gasteiger partial charge is 0.0764 e. The van der Waals surface area contributed by atoms with Crippen LogP contribution in [0.3, 0.4) is 0 Å². The summed E-state index contributed by atoms with van der Waals surface area (Å²) in [7, 11) is 0. The molecule has 2 N–H and O–H groups in total. The highest BCUT2D eigenvalue weighted by atomic mass is 16.6. The molecule has 1 atom stereocenters. The minimum absolute atomic E-state index is 0.171. The van der Waals surface area contributed by atoms with Crippen molar-refractivity contribution in [1.82, 2.24) is 0 Å². The molecule has 56 valence electrons. The van der Waals surface area contributed by atoms with Crippen molar-refractivity contribution < 1.29 is 4.84 Å². The Balaban J connectivity index is 3.47. The van der Waals surface area contributed by atoms with Gasteiger partial charge in [-0.1, -0.05) is 20.8 Å². The molecule has 2 heteroatoms. The van der Waals surface area contributed by atoms with Crippen LogP contribution < -0.4 is 5.90 Å². The van der Waals surface area contributed by atoms with E-state index in [1.165, 1.54) is 0 Å². The van der Waals surface area contributed by atoms with Crippen LogP contribution in [0.1, 0.15) is 34.1 Å². The molecule has 0 aromatic heterocycles. The molecule has 0 aromatic rings. The van der Waals surface area contributed by atoms with Crippen LogP contribution in [0.2, 0.25) is 0 Å². The summed E-state index contributed by atoms with van der Waals surface area (Å²) in [5.74, 6) is 4.98. The highest BCUT2D eigenvalue weighted by molar-refractivity contribution is 4.64. The molecule has 0 saturated heterocycles. The highest BCUT2D eigenvalue weighted by Crippen LogP contribution is 2.20. The minimum Gasteiger partial charge on any atom is -0.302 e. The first-order valence-electron chi connectivity index (χ1n) is 3.31. The first kappa shape index (κ1) is 8.92. The lowest BCUT2D eigenvalue weighted by Gasteiger charge is -2.21. The molecule has 0 aliphatic carbocycles. The van der Waals surface area contributed by atoms with Crippen molar-refractivity contribution in [2.45, 2.75) is 40.2 Å². The molecule has 0 fully saturated rings. The van der Waals surface area contributed by atoms with Crippen LogP contribution in [0, 0.1) is 5.41 Å². The maximum absolute atomic E-state index is 4.98. The average molecular weight is 131 g/mol. The summed E-state index contributed by atoms with van der Waals surface area (Å²) in [5, 5.41) is 0. The van der Waals surface area contributed by atoms with Crippen molar-refractivity contribution >= 4 is 0 Å². The fourth-order valence-corrected chi connectivity index (χ4v) is 0.910. The lowest BCUT2D eigenvalue weighted by molar-refractivity contribution is 0.0379. The summed E-state index contributed by atoms with van der Waals surface area (Å²) in [4.78, 5) is 4.63. The quantitative estimate of drug-likeness (QED) is 0.579. The maximum Gasteiger partial charge on any atom is 0.0764 e. The summed E-state index contributed by atoms with van der Waals surface area (Å²) < 4.78 is 0.